The smallest absolute Gasteiger partial charge is 0.236 e. The van der Waals surface area contributed by atoms with Gasteiger partial charge in [-0.1, -0.05) is 18.6 Å². The number of aryl methyl sites for hydroxylation is 1. The summed E-state index contributed by atoms with van der Waals surface area (Å²) in [7, 11) is -3.79. The number of hydrogen-bond acceptors (Lipinski definition) is 3. The molecule has 0 spiro atoms. The van der Waals surface area contributed by atoms with Crippen LogP contribution in [0.25, 0.3) is 0 Å². The first-order valence-corrected chi connectivity index (χ1v) is 9.44. The molecule has 2 N–H and O–H groups in total. The minimum Gasteiger partial charge on any atom is -0.368 e. The van der Waals surface area contributed by atoms with E-state index in [4.69, 9.17) is 5.73 Å². The standard InChI is InChI=1S/C16H21FN2O3S/c1-10-5-6-12(14(17)7-10)9-23(21,22)19-8-11-3-2-4-13(11)15(19)16(18)20/h5-7,11,13,15H,2-4,8-9H2,1H3,(H2,18,20)/t11-,13+,15+/m0/s1. The van der Waals surface area contributed by atoms with Gasteiger partial charge in [0.25, 0.3) is 0 Å². The van der Waals surface area contributed by atoms with Crippen LogP contribution in [0.5, 0.6) is 0 Å². The van der Waals surface area contributed by atoms with Gasteiger partial charge in [0.1, 0.15) is 11.9 Å². The SMILES string of the molecule is Cc1ccc(CS(=O)(=O)N2C[C@@H]3CCC[C@H]3[C@@H]2C(N)=O)c(F)c1. The Morgan fingerprint density at radius 3 is 2.78 bits per heavy atom. The first-order chi connectivity index (χ1) is 10.8. The van der Waals surface area contributed by atoms with Gasteiger partial charge in [0, 0.05) is 12.1 Å². The molecule has 2 fully saturated rings. The molecule has 1 aromatic carbocycles. The summed E-state index contributed by atoms with van der Waals surface area (Å²) in [5.74, 6) is -1.39. The number of benzene rings is 1. The molecule has 126 valence electrons. The van der Waals surface area contributed by atoms with Crippen LogP contribution in [0, 0.1) is 24.6 Å². The maximum atomic E-state index is 14.0. The van der Waals surface area contributed by atoms with Gasteiger partial charge in [0.2, 0.25) is 15.9 Å². The molecule has 0 unspecified atom stereocenters. The molecule has 2 aliphatic rings. The van der Waals surface area contributed by atoms with E-state index in [0.717, 1.165) is 24.8 Å². The topological polar surface area (TPSA) is 80.5 Å². The van der Waals surface area contributed by atoms with E-state index in [0.29, 0.717) is 6.54 Å². The van der Waals surface area contributed by atoms with Crippen LogP contribution in [0.15, 0.2) is 18.2 Å². The van der Waals surface area contributed by atoms with E-state index in [1.165, 1.54) is 16.4 Å². The number of amides is 1. The molecule has 1 saturated carbocycles. The Balaban J connectivity index is 1.88. The van der Waals surface area contributed by atoms with E-state index in [2.05, 4.69) is 0 Å². The van der Waals surface area contributed by atoms with Crippen LogP contribution >= 0.6 is 0 Å². The lowest BCUT2D eigenvalue weighted by molar-refractivity contribution is -0.122. The quantitative estimate of drug-likeness (QED) is 0.903. The molecule has 0 radical (unpaired) electrons. The van der Waals surface area contributed by atoms with E-state index in [9.17, 15) is 17.6 Å². The molecule has 3 rings (SSSR count). The number of carbonyl (C=O) groups is 1. The van der Waals surface area contributed by atoms with E-state index in [1.54, 1.807) is 13.0 Å². The maximum absolute atomic E-state index is 14.0. The van der Waals surface area contributed by atoms with E-state index in [-0.39, 0.29) is 17.4 Å². The highest BCUT2D eigenvalue weighted by molar-refractivity contribution is 7.88. The van der Waals surface area contributed by atoms with Crippen LogP contribution < -0.4 is 5.73 Å². The third-order valence-corrected chi connectivity index (χ3v) is 6.81. The Hall–Kier alpha value is -1.47. The number of hydrogen-bond donors (Lipinski definition) is 1. The molecule has 23 heavy (non-hydrogen) atoms. The van der Waals surface area contributed by atoms with Gasteiger partial charge >= 0.3 is 0 Å². The highest BCUT2D eigenvalue weighted by Crippen LogP contribution is 2.43. The van der Waals surface area contributed by atoms with Gasteiger partial charge in [0.15, 0.2) is 0 Å². The Morgan fingerprint density at radius 2 is 2.13 bits per heavy atom. The van der Waals surface area contributed by atoms with Crippen molar-refractivity contribution in [2.45, 2.75) is 38.0 Å². The summed E-state index contributed by atoms with van der Waals surface area (Å²) >= 11 is 0. The molecular formula is C16H21FN2O3S. The average Bonchev–Trinajstić information content (AvgIpc) is 3.01. The highest BCUT2D eigenvalue weighted by Gasteiger charge is 2.51. The molecule has 1 heterocycles. The van der Waals surface area contributed by atoms with Crippen LogP contribution in [0.4, 0.5) is 4.39 Å². The van der Waals surface area contributed by atoms with Crippen LogP contribution in [0.3, 0.4) is 0 Å². The fourth-order valence-electron chi connectivity index (χ4n) is 3.95. The zero-order valence-electron chi connectivity index (χ0n) is 13.0. The monoisotopic (exact) mass is 340 g/mol. The first-order valence-electron chi connectivity index (χ1n) is 7.83. The third kappa shape index (κ3) is 2.99. The summed E-state index contributed by atoms with van der Waals surface area (Å²) in [4.78, 5) is 11.8. The normalized spacial score (nSPS) is 28.0. The molecule has 3 atom stereocenters. The van der Waals surface area contributed by atoms with Gasteiger partial charge in [-0.25, -0.2) is 12.8 Å². The van der Waals surface area contributed by atoms with Gasteiger partial charge < -0.3 is 5.73 Å². The van der Waals surface area contributed by atoms with E-state index >= 15 is 0 Å². The number of rotatable bonds is 4. The summed E-state index contributed by atoms with van der Waals surface area (Å²) in [6, 6.07) is 3.69. The van der Waals surface area contributed by atoms with Crippen molar-refractivity contribution >= 4 is 15.9 Å². The lowest BCUT2D eigenvalue weighted by Crippen LogP contribution is -2.46. The summed E-state index contributed by atoms with van der Waals surface area (Å²) in [5.41, 5.74) is 6.32. The molecule has 1 saturated heterocycles. The molecule has 0 bridgehead atoms. The van der Waals surface area contributed by atoms with Crippen molar-refractivity contribution in [2.75, 3.05) is 6.54 Å². The lowest BCUT2D eigenvalue weighted by Gasteiger charge is -2.24. The lowest BCUT2D eigenvalue weighted by atomic mass is 9.94. The molecule has 0 aromatic heterocycles. The molecule has 5 nitrogen and oxygen atoms in total. The Labute approximate surface area is 135 Å². The van der Waals surface area contributed by atoms with Crippen molar-refractivity contribution in [3.8, 4) is 0 Å². The molecule has 1 aromatic rings. The van der Waals surface area contributed by atoms with Gasteiger partial charge in [-0.05, 0) is 43.2 Å². The van der Waals surface area contributed by atoms with Crippen LogP contribution in [0.1, 0.15) is 30.4 Å². The summed E-state index contributed by atoms with van der Waals surface area (Å²) in [6.45, 7) is 2.06. The van der Waals surface area contributed by atoms with Crippen molar-refractivity contribution in [1.82, 2.24) is 4.31 Å². The minimum absolute atomic E-state index is 0.00476. The predicted octanol–water partition coefficient (Wildman–Crippen LogP) is 1.55. The number of primary amides is 1. The Kier molecular flexibility index (Phi) is 4.18. The molecular weight excluding hydrogens is 319 g/mol. The number of sulfonamides is 1. The third-order valence-electron chi connectivity index (χ3n) is 5.04. The molecule has 1 aliphatic heterocycles. The number of carbonyl (C=O) groups excluding carboxylic acids is 1. The summed E-state index contributed by atoms with van der Waals surface area (Å²) in [5, 5.41) is 0. The zero-order valence-corrected chi connectivity index (χ0v) is 13.9. The highest BCUT2D eigenvalue weighted by atomic mass is 32.2. The second kappa shape index (κ2) is 5.87. The van der Waals surface area contributed by atoms with E-state index < -0.39 is 33.5 Å². The number of nitrogens with zero attached hydrogens (tertiary/aromatic N) is 1. The predicted molar refractivity (Wildman–Crippen MR) is 84.3 cm³/mol. The fourth-order valence-corrected chi connectivity index (χ4v) is 5.77. The van der Waals surface area contributed by atoms with Crippen molar-refractivity contribution in [1.29, 1.82) is 0 Å². The Bertz CT molecular complexity index is 735. The molecule has 1 aliphatic carbocycles. The van der Waals surface area contributed by atoms with Crippen LogP contribution in [-0.4, -0.2) is 31.2 Å². The van der Waals surface area contributed by atoms with Crippen molar-refractivity contribution in [2.24, 2.45) is 17.6 Å². The largest absolute Gasteiger partial charge is 0.368 e. The van der Waals surface area contributed by atoms with Crippen LogP contribution in [-0.2, 0) is 20.6 Å². The summed E-state index contributed by atoms with van der Waals surface area (Å²) in [6.07, 6.45) is 2.74. The van der Waals surface area contributed by atoms with Gasteiger partial charge in [0.05, 0.1) is 5.75 Å². The number of fused-ring (bicyclic) bond motifs is 1. The zero-order chi connectivity index (χ0) is 16.8. The van der Waals surface area contributed by atoms with E-state index in [1.807, 2.05) is 0 Å². The Morgan fingerprint density at radius 1 is 1.39 bits per heavy atom. The summed E-state index contributed by atoms with van der Waals surface area (Å²) < 4.78 is 40.7. The van der Waals surface area contributed by atoms with Crippen LogP contribution in [0.2, 0.25) is 0 Å². The fraction of sp³-hybridized carbons (Fsp3) is 0.562. The number of nitrogens with two attached hydrogens (primary N) is 1. The van der Waals surface area contributed by atoms with Gasteiger partial charge in [-0.15, -0.1) is 0 Å². The maximum Gasteiger partial charge on any atom is 0.236 e. The molecule has 1 amide bonds. The van der Waals surface area contributed by atoms with Crippen molar-refractivity contribution < 1.29 is 17.6 Å². The first kappa shape index (κ1) is 16.4. The minimum atomic E-state index is -3.79. The van der Waals surface area contributed by atoms with Gasteiger partial charge in [-0.3, -0.25) is 4.79 Å². The van der Waals surface area contributed by atoms with Crippen molar-refractivity contribution in [3.05, 3.63) is 35.1 Å². The second-order valence-corrected chi connectivity index (χ2v) is 8.54. The average molecular weight is 340 g/mol. The second-order valence-electron chi connectivity index (χ2n) is 6.62. The number of halogens is 1. The van der Waals surface area contributed by atoms with Gasteiger partial charge in [-0.2, -0.15) is 4.31 Å². The molecule has 7 heteroatoms. The van der Waals surface area contributed by atoms with Crippen molar-refractivity contribution in [3.63, 3.8) is 0 Å².